The zero-order valence-corrected chi connectivity index (χ0v) is 18.6. The molecule has 1 N–H and O–H groups in total. The monoisotopic (exact) mass is 434 g/mol. The molecule has 0 unspecified atom stereocenters. The summed E-state index contributed by atoms with van der Waals surface area (Å²) in [4.78, 5) is 13.0. The fourth-order valence-corrected chi connectivity index (χ4v) is 5.35. The predicted octanol–water partition coefficient (Wildman–Crippen LogP) is 4.23. The third-order valence-electron chi connectivity index (χ3n) is 5.54. The number of nitrogens with one attached hydrogen (secondary N) is 1. The molecule has 1 aliphatic rings. The Labute approximate surface area is 178 Å². The van der Waals surface area contributed by atoms with Gasteiger partial charge in [-0.2, -0.15) is 4.31 Å². The Balaban J connectivity index is 1.60. The molecule has 0 aromatic heterocycles. The maximum Gasteiger partial charge on any atom is 0.243 e. The Bertz CT molecular complexity index is 982. The van der Waals surface area contributed by atoms with Gasteiger partial charge >= 0.3 is 0 Å². The number of aryl methyl sites for hydroxylation is 2. The molecule has 1 amide bonds. The Morgan fingerprint density at radius 2 is 1.72 bits per heavy atom. The van der Waals surface area contributed by atoms with E-state index in [9.17, 15) is 13.2 Å². The molecule has 1 aliphatic heterocycles. The lowest BCUT2D eigenvalue weighted by molar-refractivity contribution is -0.126. The van der Waals surface area contributed by atoms with Gasteiger partial charge in [0.25, 0.3) is 0 Å². The zero-order valence-electron chi connectivity index (χ0n) is 17.0. The SMILES string of the molecule is Cc1ccc(C)c([C@H](C)NC(=O)C2CCN(S(=O)(=O)c3ccc(Cl)cc3)CC2)c1. The molecule has 2 aromatic rings. The third kappa shape index (κ3) is 5.00. The predicted molar refractivity (Wildman–Crippen MR) is 115 cm³/mol. The number of carbonyl (C=O) groups is 1. The summed E-state index contributed by atoms with van der Waals surface area (Å²) < 4.78 is 27.0. The fourth-order valence-electron chi connectivity index (χ4n) is 3.75. The normalized spacial score (nSPS) is 17.1. The van der Waals surface area contributed by atoms with E-state index in [0.717, 1.165) is 16.7 Å². The third-order valence-corrected chi connectivity index (χ3v) is 7.70. The summed E-state index contributed by atoms with van der Waals surface area (Å²) in [7, 11) is -3.56. The van der Waals surface area contributed by atoms with Crippen LogP contribution in [0.3, 0.4) is 0 Å². The maximum atomic E-state index is 12.8. The van der Waals surface area contributed by atoms with Gasteiger partial charge in [0, 0.05) is 24.0 Å². The van der Waals surface area contributed by atoms with Crippen LogP contribution in [0.15, 0.2) is 47.4 Å². The molecule has 7 heteroatoms. The van der Waals surface area contributed by atoms with Crippen molar-refractivity contribution in [2.45, 2.75) is 44.6 Å². The first-order valence-corrected chi connectivity index (χ1v) is 11.6. The minimum absolute atomic E-state index is 0.0121. The highest BCUT2D eigenvalue weighted by molar-refractivity contribution is 7.89. The molecule has 1 saturated heterocycles. The number of nitrogens with zero attached hydrogens (tertiary/aromatic N) is 1. The van der Waals surface area contributed by atoms with Gasteiger partial charge < -0.3 is 5.32 Å². The first-order chi connectivity index (χ1) is 13.7. The smallest absolute Gasteiger partial charge is 0.243 e. The van der Waals surface area contributed by atoms with Crippen LogP contribution in [0.4, 0.5) is 0 Å². The van der Waals surface area contributed by atoms with Crippen LogP contribution in [0, 0.1) is 19.8 Å². The molecule has 1 atom stereocenters. The van der Waals surface area contributed by atoms with E-state index in [1.165, 1.54) is 16.4 Å². The molecule has 1 fully saturated rings. The molecule has 0 spiro atoms. The molecule has 0 bridgehead atoms. The number of piperidine rings is 1. The van der Waals surface area contributed by atoms with Gasteiger partial charge in [0.2, 0.25) is 15.9 Å². The molecular formula is C22H27ClN2O3S. The molecule has 29 heavy (non-hydrogen) atoms. The maximum absolute atomic E-state index is 12.8. The molecule has 5 nitrogen and oxygen atoms in total. The van der Waals surface area contributed by atoms with Gasteiger partial charge in [0.05, 0.1) is 10.9 Å². The number of hydrogen-bond acceptors (Lipinski definition) is 3. The lowest BCUT2D eigenvalue weighted by Gasteiger charge is -2.31. The summed E-state index contributed by atoms with van der Waals surface area (Å²) in [5.74, 6) is -0.193. The van der Waals surface area contributed by atoms with Crippen LogP contribution in [0.2, 0.25) is 5.02 Å². The van der Waals surface area contributed by atoms with Gasteiger partial charge in [-0.25, -0.2) is 8.42 Å². The van der Waals surface area contributed by atoms with Crippen molar-refractivity contribution in [3.63, 3.8) is 0 Å². The standard InChI is InChI=1S/C22H27ClN2O3S/c1-15-4-5-16(2)21(14-15)17(3)24-22(26)18-10-12-25(13-11-18)29(27,28)20-8-6-19(23)7-9-20/h4-9,14,17-18H,10-13H2,1-3H3,(H,24,26)/t17-/m0/s1. The lowest BCUT2D eigenvalue weighted by atomic mass is 9.95. The largest absolute Gasteiger partial charge is 0.349 e. The van der Waals surface area contributed by atoms with Crippen molar-refractivity contribution in [2.24, 2.45) is 5.92 Å². The van der Waals surface area contributed by atoms with Crippen LogP contribution in [0.5, 0.6) is 0 Å². The number of rotatable bonds is 5. The van der Waals surface area contributed by atoms with Crippen molar-refractivity contribution < 1.29 is 13.2 Å². The second-order valence-electron chi connectivity index (χ2n) is 7.72. The van der Waals surface area contributed by atoms with E-state index >= 15 is 0 Å². The minimum atomic E-state index is -3.56. The van der Waals surface area contributed by atoms with Gasteiger partial charge in [0.15, 0.2) is 0 Å². The summed E-state index contributed by atoms with van der Waals surface area (Å²) >= 11 is 5.85. The van der Waals surface area contributed by atoms with E-state index in [4.69, 9.17) is 11.6 Å². The van der Waals surface area contributed by atoms with Crippen LogP contribution in [-0.2, 0) is 14.8 Å². The summed E-state index contributed by atoms with van der Waals surface area (Å²) in [6, 6.07) is 12.3. The highest BCUT2D eigenvalue weighted by Gasteiger charge is 2.32. The Morgan fingerprint density at radius 1 is 1.10 bits per heavy atom. The van der Waals surface area contributed by atoms with E-state index in [1.54, 1.807) is 12.1 Å². The highest BCUT2D eigenvalue weighted by atomic mass is 35.5. The quantitative estimate of drug-likeness (QED) is 0.765. The minimum Gasteiger partial charge on any atom is -0.349 e. The first-order valence-electron chi connectivity index (χ1n) is 9.81. The molecule has 3 rings (SSSR count). The Morgan fingerprint density at radius 3 is 2.34 bits per heavy atom. The van der Waals surface area contributed by atoms with Crippen LogP contribution in [0.1, 0.15) is 42.5 Å². The first kappa shape index (κ1) is 21.8. The van der Waals surface area contributed by atoms with Crippen molar-refractivity contribution in [1.29, 1.82) is 0 Å². The molecule has 0 saturated carbocycles. The molecule has 2 aromatic carbocycles. The van der Waals surface area contributed by atoms with E-state index < -0.39 is 10.0 Å². The van der Waals surface area contributed by atoms with Crippen molar-refractivity contribution in [3.8, 4) is 0 Å². The topological polar surface area (TPSA) is 66.5 Å². The van der Waals surface area contributed by atoms with Crippen LogP contribution < -0.4 is 5.32 Å². The van der Waals surface area contributed by atoms with Crippen LogP contribution >= 0.6 is 11.6 Å². The van der Waals surface area contributed by atoms with Crippen LogP contribution in [-0.4, -0.2) is 31.7 Å². The van der Waals surface area contributed by atoms with Crippen molar-refractivity contribution in [1.82, 2.24) is 9.62 Å². The number of halogens is 1. The lowest BCUT2D eigenvalue weighted by Crippen LogP contribution is -2.43. The number of amides is 1. The molecular weight excluding hydrogens is 408 g/mol. The number of sulfonamides is 1. The van der Waals surface area contributed by atoms with Crippen LogP contribution in [0.25, 0.3) is 0 Å². The number of carbonyl (C=O) groups excluding carboxylic acids is 1. The molecule has 1 heterocycles. The van der Waals surface area contributed by atoms with E-state index in [0.29, 0.717) is 31.0 Å². The fraction of sp³-hybridized carbons (Fsp3) is 0.409. The molecule has 0 radical (unpaired) electrons. The average molecular weight is 435 g/mol. The van der Waals surface area contributed by atoms with Crippen molar-refractivity contribution in [2.75, 3.05) is 13.1 Å². The summed E-state index contributed by atoms with van der Waals surface area (Å²) in [6.07, 6.45) is 1.02. The van der Waals surface area contributed by atoms with Crippen molar-refractivity contribution >= 4 is 27.5 Å². The van der Waals surface area contributed by atoms with E-state index in [1.807, 2.05) is 20.8 Å². The van der Waals surface area contributed by atoms with E-state index in [2.05, 4.69) is 23.5 Å². The van der Waals surface area contributed by atoms with Gasteiger partial charge in [-0.05, 0) is 69.0 Å². The van der Waals surface area contributed by atoms with E-state index in [-0.39, 0.29) is 22.8 Å². The van der Waals surface area contributed by atoms with Gasteiger partial charge in [0.1, 0.15) is 0 Å². The summed E-state index contributed by atoms with van der Waals surface area (Å²) in [6.45, 7) is 6.73. The average Bonchev–Trinajstić information content (AvgIpc) is 2.70. The number of hydrogen-bond donors (Lipinski definition) is 1. The summed E-state index contributed by atoms with van der Waals surface area (Å²) in [5, 5.41) is 3.60. The van der Waals surface area contributed by atoms with Gasteiger partial charge in [-0.1, -0.05) is 35.4 Å². The van der Waals surface area contributed by atoms with Crippen molar-refractivity contribution in [3.05, 3.63) is 64.2 Å². The van der Waals surface area contributed by atoms with Gasteiger partial charge in [-0.15, -0.1) is 0 Å². The molecule has 0 aliphatic carbocycles. The molecule has 156 valence electrons. The zero-order chi connectivity index (χ0) is 21.2. The summed E-state index contributed by atoms with van der Waals surface area (Å²) in [5.41, 5.74) is 3.42. The number of benzene rings is 2. The van der Waals surface area contributed by atoms with Gasteiger partial charge in [-0.3, -0.25) is 4.79 Å². The second-order valence-corrected chi connectivity index (χ2v) is 10.1. The Kier molecular flexibility index (Phi) is 6.66. The second kappa shape index (κ2) is 8.86. The highest BCUT2D eigenvalue weighted by Crippen LogP contribution is 2.26. The Hall–Kier alpha value is -1.89.